The van der Waals surface area contributed by atoms with Gasteiger partial charge in [-0.05, 0) is 48.2 Å². The molecule has 0 heterocycles. The molecule has 1 N–H and O–H groups in total. The van der Waals surface area contributed by atoms with E-state index in [1.54, 1.807) is 0 Å². The Hall–Kier alpha value is -3.40. The van der Waals surface area contributed by atoms with Gasteiger partial charge in [-0.3, -0.25) is 14.5 Å². The molecule has 0 unspecified atom stereocenters. The number of benzene rings is 3. The monoisotopic (exact) mass is 386 g/mol. The molecule has 0 fully saturated rings. The second kappa shape index (κ2) is 10.2. The molecular weight excluding hydrogens is 360 g/mol. The quantitative estimate of drug-likeness (QED) is 0.567. The number of aryl methyl sites for hydroxylation is 1. The summed E-state index contributed by atoms with van der Waals surface area (Å²) in [4.78, 5) is 27.1. The highest BCUT2D eigenvalue weighted by molar-refractivity contribution is 6.44. The average Bonchev–Trinajstić information content (AvgIpc) is 2.78. The predicted molar refractivity (Wildman–Crippen MR) is 118 cm³/mol. The van der Waals surface area contributed by atoms with Gasteiger partial charge in [0.05, 0.1) is 6.54 Å². The zero-order valence-corrected chi connectivity index (χ0v) is 16.7. The Balaban J connectivity index is 1.73. The van der Waals surface area contributed by atoms with Crippen molar-refractivity contribution in [3.63, 3.8) is 0 Å². The van der Waals surface area contributed by atoms with E-state index in [4.69, 9.17) is 0 Å². The number of rotatable bonds is 7. The number of carbonyl (C=O) groups is 2. The van der Waals surface area contributed by atoms with Crippen LogP contribution in [0.25, 0.3) is 0 Å². The van der Waals surface area contributed by atoms with Gasteiger partial charge in [-0.15, -0.1) is 0 Å². The van der Waals surface area contributed by atoms with Crippen molar-refractivity contribution < 1.29 is 9.59 Å². The Labute approximate surface area is 172 Å². The normalized spacial score (nSPS) is 10.4. The second-order valence-corrected chi connectivity index (χ2v) is 6.97. The maximum Gasteiger partial charge on any atom is 0.316 e. The highest BCUT2D eigenvalue weighted by atomic mass is 16.2. The molecule has 0 saturated carbocycles. The highest BCUT2D eigenvalue weighted by Crippen LogP contribution is 2.18. The Morgan fingerprint density at radius 1 is 0.793 bits per heavy atom. The molecule has 0 radical (unpaired) electrons. The number of hydrogen-bond donors (Lipinski definition) is 1. The van der Waals surface area contributed by atoms with Crippen molar-refractivity contribution in [2.45, 2.75) is 32.7 Å². The van der Waals surface area contributed by atoms with E-state index in [0.717, 1.165) is 24.8 Å². The van der Waals surface area contributed by atoms with Crippen molar-refractivity contribution in [1.29, 1.82) is 0 Å². The lowest BCUT2D eigenvalue weighted by atomic mass is 10.1. The van der Waals surface area contributed by atoms with Crippen LogP contribution < -0.4 is 10.2 Å². The maximum absolute atomic E-state index is 13.0. The summed E-state index contributed by atoms with van der Waals surface area (Å²) in [6, 6.07) is 26.6. The number of carbonyl (C=O) groups excluding carboxylic acids is 2. The summed E-state index contributed by atoms with van der Waals surface area (Å²) in [6.07, 6.45) is 3.29. The number of para-hydroxylation sites is 1. The Bertz CT molecular complexity index is 922. The zero-order valence-electron chi connectivity index (χ0n) is 16.7. The van der Waals surface area contributed by atoms with Crippen LogP contribution >= 0.6 is 0 Å². The van der Waals surface area contributed by atoms with Gasteiger partial charge in [0.15, 0.2) is 0 Å². The number of nitrogens with one attached hydrogen (secondary N) is 1. The number of nitrogens with zero attached hydrogens (tertiary/aromatic N) is 1. The first-order valence-corrected chi connectivity index (χ1v) is 9.98. The van der Waals surface area contributed by atoms with E-state index in [0.29, 0.717) is 17.9 Å². The molecule has 4 nitrogen and oxygen atoms in total. The third-order valence-electron chi connectivity index (χ3n) is 4.72. The van der Waals surface area contributed by atoms with Gasteiger partial charge in [-0.2, -0.15) is 0 Å². The molecule has 3 aromatic rings. The Morgan fingerprint density at radius 2 is 1.41 bits per heavy atom. The molecule has 0 spiro atoms. The van der Waals surface area contributed by atoms with Gasteiger partial charge in [0.1, 0.15) is 0 Å². The van der Waals surface area contributed by atoms with Gasteiger partial charge in [-0.25, -0.2) is 0 Å². The number of hydrogen-bond acceptors (Lipinski definition) is 2. The van der Waals surface area contributed by atoms with Crippen LogP contribution in [0.3, 0.4) is 0 Å². The first-order valence-electron chi connectivity index (χ1n) is 9.98. The van der Waals surface area contributed by atoms with Gasteiger partial charge in [0, 0.05) is 11.4 Å². The molecule has 29 heavy (non-hydrogen) atoms. The van der Waals surface area contributed by atoms with Crippen LogP contribution in [-0.2, 0) is 22.6 Å². The molecule has 0 aliphatic rings. The fourth-order valence-electron chi connectivity index (χ4n) is 3.10. The van der Waals surface area contributed by atoms with E-state index in [1.165, 1.54) is 10.5 Å². The van der Waals surface area contributed by atoms with E-state index >= 15 is 0 Å². The molecule has 148 valence electrons. The fraction of sp³-hybridized carbons (Fsp3) is 0.200. The van der Waals surface area contributed by atoms with Gasteiger partial charge < -0.3 is 5.32 Å². The minimum Gasteiger partial charge on any atom is -0.318 e. The molecule has 0 saturated heterocycles. The van der Waals surface area contributed by atoms with E-state index in [-0.39, 0.29) is 0 Å². The van der Waals surface area contributed by atoms with Gasteiger partial charge in [0.2, 0.25) is 0 Å². The van der Waals surface area contributed by atoms with Crippen LogP contribution in [-0.4, -0.2) is 11.8 Å². The lowest BCUT2D eigenvalue weighted by molar-refractivity contribution is -0.134. The van der Waals surface area contributed by atoms with Crippen LogP contribution in [0, 0.1) is 0 Å². The highest BCUT2D eigenvalue weighted by Gasteiger charge is 2.23. The van der Waals surface area contributed by atoms with Crippen molar-refractivity contribution in [3.8, 4) is 0 Å². The minimum absolute atomic E-state index is 0.326. The first-order chi connectivity index (χ1) is 14.2. The maximum atomic E-state index is 13.0. The molecule has 0 atom stereocenters. The fourth-order valence-corrected chi connectivity index (χ4v) is 3.10. The molecule has 0 aliphatic carbocycles. The molecule has 4 heteroatoms. The van der Waals surface area contributed by atoms with E-state index in [1.807, 2.05) is 84.9 Å². The van der Waals surface area contributed by atoms with Crippen LogP contribution in [0.2, 0.25) is 0 Å². The van der Waals surface area contributed by atoms with Crippen molar-refractivity contribution in [3.05, 3.63) is 96.1 Å². The molecule has 0 aliphatic heterocycles. The van der Waals surface area contributed by atoms with Crippen molar-refractivity contribution in [1.82, 2.24) is 0 Å². The molecule has 3 rings (SSSR count). The van der Waals surface area contributed by atoms with Crippen molar-refractivity contribution in [2.24, 2.45) is 0 Å². The smallest absolute Gasteiger partial charge is 0.316 e. The summed E-state index contributed by atoms with van der Waals surface area (Å²) in [6.45, 7) is 2.49. The number of unbranched alkanes of at least 4 members (excludes halogenated alkanes) is 1. The lowest BCUT2D eigenvalue weighted by Gasteiger charge is -2.22. The number of anilines is 2. The third-order valence-corrected chi connectivity index (χ3v) is 4.72. The van der Waals surface area contributed by atoms with Crippen molar-refractivity contribution in [2.75, 3.05) is 10.2 Å². The molecular formula is C25H26N2O2. The van der Waals surface area contributed by atoms with E-state index < -0.39 is 11.8 Å². The topological polar surface area (TPSA) is 49.4 Å². The Morgan fingerprint density at radius 3 is 2.03 bits per heavy atom. The average molecular weight is 386 g/mol. The molecule has 2 amide bonds. The summed E-state index contributed by atoms with van der Waals surface area (Å²) in [5.74, 6) is -1.23. The van der Waals surface area contributed by atoms with Crippen LogP contribution in [0.5, 0.6) is 0 Å². The second-order valence-electron chi connectivity index (χ2n) is 6.97. The van der Waals surface area contributed by atoms with E-state index in [9.17, 15) is 9.59 Å². The van der Waals surface area contributed by atoms with Crippen LogP contribution in [0.15, 0.2) is 84.9 Å². The van der Waals surface area contributed by atoms with Crippen LogP contribution in [0.1, 0.15) is 30.9 Å². The zero-order chi connectivity index (χ0) is 20.5. The van der Waals surface area contributed by atoms with Crippen LogP contribution in [0.4, 0.5) is 11.4 Å². The largest absolute Gasteiger partial charge is 0.318 e. The van der Waals surface area contributed by atoms with Crippen molar-refractivity contribution >= 4 is 23.2 Å². The van der Waals surface area contributed by atoms with E-state index in [2.05, 4.69) is 12.2 Å². The standard InChI is InChI=1S/C25H26N2O2/c1-2-3-10-20-15-17-22(18-16-20)26-24(28)25(29)27(23-13-8-5-9-14-23)19-21-11-6-4-7-12-21/h4-9,11-18H,2-3,10,19H2,1H3,(H,26,28). The van der Waals surface area contributed by atoms with Gasteiger partial charge >= 0.3 is 11.8 Å². The minimum atomic E-state index is -0.647. The summed E-state index contributed by atoms with van der Waals surface area (Å²) in [7, 11) is 0. The van der Waals surface area contributed by atoms with Gasteiger partial charge in [0.25, 0.3) is 0 Å². The first kappa shape index (κ1) is 20.3. The summed E-state index contributed by atoms with van der Waals surface area (Å²) >= 11 is 0. The number of amides is 2. The molecule has 0 bridgehead atoms. The summed E-state index contributed by atoms with van der Waals surface area (Å²) in [5.41, 5.74) is 3.49. The summed E-state index contributed by atoms with van der Waals surface area (Å²) in [5, 5.41) is 2.73. The lowest BCUT2D eigenvalue weighted by Crippen LogP contribution is -2.39. The van der Waals surface area contributed by atoms with Gasteiger partial charge in [-0.1, -0.05) is 74.0 Å². The Kier molecular flexibility index (Phi) is 7.17. The molecule has 3 aromatic carbocycles. The summed E-state index contributed by atoms with van der Waals surface area (Å²) < 4.78 is 0. The molecule has 0 aromatic heterocycles. The SMILES string of the molecule is CCCCc1ccc(NC(=O)C(=O)N(Cc2ccccc2)c2ccccc2)cc1. The third kappa shape index (κ3) is 5.79. The predicted octanol–water partition coefficient (Wildman–Crippen LogP) is 5.20.